The van der Waals surface area contributed by atoms with Gasteiger partial charge in [-0.2, -0.15) is 0 Å². The van der Waals surface area contributed by atoms with Crippen LogP contribution in [0.5, 0.6) is 0 Å². The second kappa shape index (κ2) is 10.4. The average molecular weight is 507 g/mol. The van der Waals surface area contributed by atoms with E-state index < -0.39 is 17.0 Å². The lowest BCUT2D eigenvalue weighted by atomic mass is 9.68. The molecule has 1 heterocycles. The minimum atomic E-state index is -0.893. The molecule has 5 rings (SSSR count). The van der Waals surface area contributed by atoms with E-state index in [9.17, 15) is 8.78 Å². The van der Waals surface area contributed by atoms with Crippen molar-refractivity contribution in [3.8, 4) is 0 Å². The molecular weight excluding hydrogens is 474 g/mol. The molecule has 4 aromatic rings. The van der Waals surface area contributed by atoms with Gasteiger partial charge in [-0.1, -0.05) is 111 Å². The van der Waals surface area contributed by atoms with Crippen LogP contribution in [0.3, 0.4) is 0 Å². The maximum atomic E-state index is 14.9. The Morgan fingerprint density at radius 2 is 1.45 bits per heavy atom. The lowest BCUT2D eigenvalue weighted by Gasteiger charge is -2.32. The molecule has 0 saturated heterocycles. The first-order valence-electron chi connectivity index (χ1n) is 13.0. The highest BCUT2D eigenvalue weighted by atomic mass is 19.2. The lowest BCUT2D eigenvalue weighted by molar-refractivity contribution is 0.511. The highest BCUT2D eigenvalue weighted by Crippen LogP contribution is 2.53. The summed E-state index contributed by atoms with van der Waals surface area (Å²) < 4.78 is 29.1. The second-order valence-corrected chi connectivity index (χ2v) is 10.0. The molecule has 0 fully saturated rings. The largest absolute Gasteiger partial charge is 0.355 e. The van der Waals surface area contributed by atoms with E-state index >= 15 is 0 Å². The van der Waals surface area contributed by atoms with Gasteiger partial charge in [0.25, 0.3) is 0 Å². The van der Waals surface area contributed by atoms with E-state index in [2.05, 4.69) is 73.9 Å². The SMILES string of the molecule is C=C(Cc1ccc(C2(c3ccc(CC)cc3)C(=C)Nc3c2ccc(F)c3F)cc1)C(N)Cc1ccccc1. The third-order valence-corrected chi connectivity index (χ3v) is 7.66. The molecule has 1 aliphatic heterocycles. The van der Waals surface area contributed by atoms with Gasteiger partial charge in [0.05, 0.1) is 11.1 Å². The van der Waals surface area contributed by atoms with Crippen molar-refractivity contribution >= 4 is 5.69 Å². The molecule has 3 N–H and O–H groups in total. The van der Waals surface area contributed by atoms with Gasteiger partial charge in [-0.3, -0.25) is 0 Å². The number of allylic oxidation sites excluding steroid dienone is 1. The summed E-state index contributed by atoms with van der Waals surface area (Å²) in [5.41, 5.74) is 13.3. The van der Waals surface area contributed by atoms with Crippen LogP contribution in [0.15, 0.2) is 115 Å². The van der Waals surface area contributed by atoms with Crippen LogP contribution >= 0.6 is 0 Å². The number of benzene rings is 4. The molecule has 0 aliphatic carbocycles. The van der Waals surface area contributed by atoms with Gasteiger partial charge in [0, 0.05) is 11.7 Å². The number of anilines is 1. The standard InChI is InChI=1S/C34H32F2N2/c1-4-24-10-14-27(15-11-24)34(23(3)38-33-29(34)18-19-30(35)32(33)36)28-16-12-26(13-17-28)20-22(2)31(37)21-25-8-6-5-7-9-25/h5-19,31,38H,2-4,20-21,37H2,1H3. The zero-order valence-electron chi connectivity index (χ0n) is 21.6. The van der Waals surface area contributed by atoms with Crippen molar-refractivity contribution in [3.63, 3.8) is 0 Å². The Morgan fingerprint density at radius 1 is 0.842 bits per heavy atom. The third kappa shape index (κ3) is 4.46. The van der Waals surface area contributed by atoms with Crippen LogP contribution in [-0.2, 0) is 24.7 Å². The van der Waals surface area contributed by atoms with Crippen LogP contribution in [0.4, 0.5) is 14.5 Å². The van der Waals surface area contributed by atoms with Crippen molar-refractivity contribution in [2.45, 2.75) is 37.6 Å². The molecule has 0 saturated carbocycles. The molecule has 38 heavy (non-hydrogen) atoms. The van der Waals surface area contributed by atoms with Crippen LogP contribution < -0.4 is 11.1 Å². The van der Waals surface area contributed by atoms with E-state index in [1.54, 1.807) is 6.07 Å². The number of rotatable bonds is 8. The highest BCUT2D eigenvalue weighted by Gasteiger charge is 2.47. The van der Waals surface area contributed by atoms with Gasteiger partial charge >= 0.3 is 0 Å². The Morgan fingerprint density at radius 3 is 2.05 bits per heavy atom. The molecule has 0 aromatic heterocycles. The van der Waals surface area contributed by atoms with Crippen LogP contribution in [-0.4, -0.2) is 6.04 Å². The first-order valence-corrected chi connectivity index (χ1v) is 13.0. The minimum Gasteiger partial charge on any atom is -0.355 e. The van der Waals surface area contributed by atoms with E-state index in [0.717, 1.165) is 35.1 Å². The van der Waals surface area contributed by atoms with Gasteiger partial charge in [0.15, 0.2) is 11.6 Å². The third-order valence-electron chi connectivity index (χ3n) is 7.66. The van der Waals surface area contributed by atoms with E-state index in [-0.39, 0.29) is 11.7 Å². The Kier molecular flexibility index (Phi) is 7.00. The summed E-state index contributed by atoms with van der Waals surface area (Å²) in [7, 11) is 0. The second-order valence-electron chi connectivity index (χ2n) is 10.0. The van der Waals surface area contributed by atoms with Crippen molar-refractivity contribution in [1.82, 2.24) is 0 Å². The number of hydrogen-bond donors (Lipinski definition) is 2. The summed E-state index contributed by atoms with van der Waals surface area (Å²) in [5.74, 6) is -1.78. The highest BCUT2D eigenvalue weighted by molar-refractivity contribution is 5.77. The molecular formula is C34H32F2N2. The summed E-state index contributed by atoms with van der Waals surface area (Å²) in [6.07, 6.45) is 2.30. The number of hydrogen-bond acceptors (Lipinski definition) is 2. The zero-order chi connectivity index (χ0) is 26.9. The topological polar surface area (TPSA) is 38.0 Å². The Labute approximate surface area is 223 Å². The molecule has 1 aliphatic rings. The number of nitrogens with one attached hydrogen (secondary N) is 1. The first-order chi connectivity index (χ1) is 18.3. The molecule has 4 aromatic carbocycles. The van der Waals surface area contributed by atoms with Crippen molar-refractivity contribution in [3.05, 3.63) is 160 Å². The van der Waals surface area contributed by atoms with Gasteiger partial charge in [-0.05, 0) is 58.7 Å². The summed E-state index contributed by atoms with van der Waals surface area (Å²) in [6.45, 7) is 10.7. The average Bonchev–Trinajstić information content (AvgIpc) is 3.24. The normalized spacial score (nSPS) is 17.1. The molecule has 192 valence electrons. The van der Waals surface area contributed by atoms with E-state index in [1.807, 2.05) is 30.3 Å². The lowest BCUT2D eigenvalue weighted by Crippen LogP contribution is -2.29. The van der Waals surface area contributed by atoms with Gasteiger partial charge in [0.1, 0.15) is 0 Å². The smallest absolute Gasteiger partial charge is 0.182 e. The van der Waals surface area contributed by atoms with Crippen LogP contribution in [0.25, 0.3) is 0 Å². The predicted molar refractivity (Wildman–Crippen MR) is 152 cm³/mol. The summed E-state index contributed by atoms with van der Waals surface area (Å²) in [6, 6.07) is 29.3. The Balaban J connectivity index is 1.50. The molecule has 0 radical (unpaired) electrons. The monoisotopic (exact) mass is 506 g/mol. The van der Waals surface area contributed by atoms with Crippen molar-refractivity contribution < 1.29 is 8.78 Å². The van der Waals surface area contributed by atoms with Crippen LogP contribution in [0, 0.1) is 11.6 Å². The predicted octanol–water partition coefficient (Wildman–Crippen LogP) is 7.47. The molecule has 2 atom stereocenters. The maximum absolute atomic E-state index is 14.9. The van der Waals surface area contributed by atoms with Crippen LogP contribution in [0.1, 0.15) is 40.3 Å². The minimum absolute atomic E-state index is 0.138. The Bertz CT molecular complexity index is 1470. The summed E-state index contributed by atoms with van der Waals surface area (Å²) >= 11 is 0. The van der Waals surface area contributed by atoms with Gasteiger partial charge in [-0.15, -0.1) is 0 Å². The van der Waals surface area contributed by atoms with Crippen molar-refractivity contribution in [2.24, 2.45) is 5.73 Å². The van der Waals surface area contributed by atoms with E-state index in [4.69, 9.17) is 5.73 Å². The molecule has 0 amide bonds. The van der Waals surface area contributed by atoms with Gasteiger partial charge in [-0.25, -0.2) is 8.78 Å². The van der Waals surface area contributed by atoms with E-state index in [1.165, 1.54) is 17.2 Å². The van der Waals surface area contributed by atoms with Crippen LogP contribution in [0.2, 0.25) is 0 Å². The van der Waals surface area contributed by atoms with Gasteiger partial charge < -0.3 is 11.1 Å². The number of fused-ring (bicyclic) bond motifs is 1. The number of aryl methyl sites for hydroxylation is 1. The quantitative estimate of drug-likeness (QED) is 0.243. The summed E-state index contributed by atoms with van der Waals surface area (Å²) in [4.78, 5) is 0. The first kappa shape index (κ1) is 25.6. The molecule has 2 unspecified atom stereocenters. The van der Waals surface area contributed by atoms with Crippen molar-refractivity contribution in [1.29, 1.82) is 0 Å². The molecule has 4 heteroatoms. The summed E-state index contributed by atoms with van der Waals surface area (Å²) in [5, 5.41) is 3.07. The molecule has 2 nitrogen and oxygen atoms in total. The molecule has 0 spiro atoms. The fourth-order valence-electron chi connectivity index (χ4n) is 5.49. The number of nitrogens with two attached hydrogens (primary N) is 1. The van der Waals surface area contributed by atoms with E-state index in [0.29, 0.717) is 17.7 Å². The fourth-order valence-corrected chi connectivity index (χ4v) is 5.49. The van der Waals surface area contributed by atoms with Crippen molar-refractivity contribution in [2.75, 3.05) is 5.32 Å². The maximum Gasteiger partial charge on any atom is 0.182 e. The fraction of sp³-hybridized carbons (Fsp3) is 0.176. The Hall–Kier alpha value is -4.02. The van der Waals surface area contributed by atoms with Gasteiger partial charge in [0.2, 0.25) is 0 Å². The molecule has 0 bridgehead atoms. The zero-order valence-corrected chi connectivity index (χ0v) is 21.6. The number of halogens is 2.